The van der Waals surface area contributed by atoms with Crippen molar-refractivity contribution in [2.24, 2.45) is 4.99 Å². The second-order valence-electron chi connectivity index (χ2n) is 5.24. The molecule has 0 spiro atoms. The van der Waals surface area contributed by atoms with Crippen LogP contribution in [0.1, 0.15) is 13.8 Å². The van der Waals surface area contributed by atoms with Gasteiger partial charge in [-0.3, -0.25) is 14.8 Å². The Morgan fingerprint density at radius 2 is 2.00 bits per heavy atom. The first-order valence-electron chi connectivity index (χ1n) is 6.62. The minimum atomic E-state index is 0.424. The molecule has 0 aromatic rings. The van der Waals surface area contributed by atoms with Gasteiger partial charge in [-0.25, -0.2) is 0 Å². The van der Waals surface area contributed by atoms with Crippen molar-refractivity contribution >= 4 is 5.96 Å². The summed E-state index contributed by atoms with van der Waals surface area (Å²) in [5.41, 5.74) is 0. The van der Waals surface area contributed by atoms with Gasteiger partial charge in [-0.15, -0.1) is 0 Å². The lowest BCUT2D eigenvalue weighted by Crippen LogP contribution is -2.64. The lowest BCUT2D eigenvalue weighted by Gasteiger charge is -2.47. The summed E-state index contributed by atoms with van der Waals surface area (Å²) in [7, 11) is 1.83. The molecule has 3 heterocycles. The minimum Gasteiger partial charge on any atom is -0.355 e. The van der Waals surface area contributed by atoms with Crippen LogP contribution in [0.4, 0.5) is 0 Å². The predicted octanol–water partition coefficient (Wildman–Crippen LogP) is -0.440. The van der Waals surface area contributed by atoms with Gasteiger partial charge in [-0.2, -0.15) is 0 Å². The fraction of sp³-hybridized carbons (Fsp3) is 0.917. The average molecular weight is 239 g/mol. The maximum absolute atomic E-state index is 4.24. The van der Waals surface area contributed by atoms with Crippen LogP contribution in [-0.2, 0) is 0 Å². The molecule has 5 nitrogen and oxygen atoms in total. The summed E-state index contributed by atoms with van der Waals surface area (Å²) in [4.78, 5) is 9.39. The molecule has 0 saturated carbocycles. The predicted molar refractivity (Wildman–Crippen MR) is 71.4 cm³/mol. The Morgan fingerprint density at radius 1 is 1.29 bits per heavy atom. The van der Waals surface area contributed by atoms with Crippen LogP contribution in [0.25, 0.3) is 0 Å². The first kappa shape index (κ1) is 12.6. The van der Waals surface area contributed by atoms with Crippen LogP contribution in [-0.4, -0.2) is 74.2 Å². The van der Waals surface area contributed by atoms with Crippen LogP contribution in [0.2, 0.25) is 0 Å². The number of hydrogen-bond acceptors (Lipinski definition) is 3. The molecule has 3 aliphatic rings. The number of fused-ring (bicyclic) bond motifs is 3. The fourth-order valence-corrected chi connectivity index (χ4v) is 2.60. The summed E-state index contributed by atoms with van der Waals surface area (Å²) in [6.45, 7) is 11.4. The Bertz CT molecular complexity index is 268. The largest absolute Gasteiger partial charge is 0.355 e. The third kappa shape index (κ3) is 3.33. The van der Waals surface area contributed by atoms with E-state index in [2.05, 4.69) is 39.3 Å². The van der Waals surface area contributed by atoms with E-state index < -0.39 is 0 Å². The van der Waals surface area contributed by atoms with Gasteiger partial charge in [-0.1, -0.05) is 0 Å². The highest BCUT2D eigenvalue weighted by Crippen LogP contribution is 2.14. The number of hydrogen-bond donors (Lipinski definition) is 2. The average Bonchev–Trinajstić information content (AvgIpc) is 2.35. The molecule has 3 saturated heterocycles. The topological polar surface area (TPSA) is 42.9 Å². The standard InChI is InChI=1S/C12H25N5/c1-10(2)15-12(13-3)14-8-11-9-16-4-6-17(11)7-5-16/h10-11H,4-9H2,1-3H3,(H2,13,14,15). The van der Waals surface area contributed by atoms with Crippen molar-refractivity contribution in [1.29, 1.82) is 0 Å². The van der Waals surface area contributed by atoms with Gasteiger partial charge in [0, 0.05) is 58.4 Å². The van der Waals surface area contributed by atoms with E-state index in [9.17, 15) is 0 Å². The van der Waals surface area contributed by atoms with E-state index in [1.165, 1.54) is 32.7 Å². The second kappa shape index (κ2) is 5.69. The summed E-state index contributed by atoms with van der Waals surface area (Å²) >= 11 is 0. The quantitative estimate of drug-likeness (QED) is 0.518. The van der Waals surface area contributed by atoms with Crippen LogP contribution in [0, 0.1) is 0 Å². The fourth-order valence-electron chi connectivity index (χ4n) is 2.60. The number of nitrogens with zero attached hydrogens (tertiary/aromatic N) is 3. The summed E-state index contributed by atoms with van der Waals surface area (Å²) in [5, 5.41) is 6.75. The molecule has 5 heteroatoms. The van der Waals surface area contributed by atoms with Crippen molar-refractivity contribution in [1.82, 2.24) is 20.4 Å². The van der Waals surface area contributed by atoms with Crippen molar-refractivity contribution in [3.05, 3.63) is 0 Å². The first-order valence-corrected chi connectivity index (χ1v) is 6.62. The van der Waals surface area contributed by atoms with Crippen molar-refractivity contribution in [3.63, 3.8) is 0 Å². The smallest absolute Gasteiger partial charge is 0.191 e. The Morgan fingerprint density at radius 3 is 2.47 bits per heavy atom. The van der Waals surface area contributed by atoms with Crippen LogP contribution in [0.3, 0.4) is 0 Å². The maximum atomic E-state index is 4.24. The van der Waals surface area contributed by atoms with Crippen molar-refractivity contribution in [2.45, 2.75) is 25.9 Å². The number of nitrogens with one attached hydrogen (secondary N) is 2. The zero-order valence-corrected chi connectivity index (χ0v) is 11.2. The Labute approximate surface area is 104 Å². The van der Waals surface area contributed by atoms with Gasteiger partial charge in [0.15, 0.2) is 5.96 Å². The highest BCUT2D eigenvalue weighted by Gasteiger charge is 2.31. The molecule has 1 atom stereocenters. The third-order valence-corrected chi connectivity index (χ3v) is 3.55. The number of rotatable bonds is 3. The van der Waals surface area contributed by atoms with Gasteiger partial charge < -0.3 is 10.6 Å². The minimum absolute atomic E-state index is 0.424. The SMILES string of the molecule is CN=C(NCC1CN2CCN1CC2)NC(C)C. The number of piperazine rings is 3. The summed E-state index contributed by atoms with van der Waals surface area (Å²) in [5.74, 6) is 0.914. The zero-order valence-electron chi connectivity index (χ0n) is 11.2. The van der Waals surface area contributed by atoms with Crippen LogP contribution in [0.5, 0.6) is 0 Å². The summed E-state index contributed by atoms with van der Waals surface area (Å²) < 4.78 is 0. The Balaban J connectivity index is 1.77. The molecule has 3 aliphatic heterocycles. The zero-order chi connectivity index (χ0) is 12.3. The number of guanidine groups is 1. The van der Waals surface area contributed by atoms with Crippen LogP contribution in [0.15, 0.2) is 4.99 Å². The molecule has 98 valence electrons. The first-order chi connectivity index (χ1) is 8.19. The third-order valence-electron chi connectivity index (χ3n) is 3.55. The van der Waals surface area contributed by atoms with Gasteiger partial charge in [-0.05, 0) is 13.8 Å². The van der Waals surface area contributed by atoms with Crippen molar-refractivity contribution < 1.29 is 0 Å². The van der Waals surface area contributed by atoms with Gasteiger partial charge >= 0.3 is 0 Å². The molecule has 17 heavy (non-hydrogen) atoms. The van der Waals surface area contributed by atoms with E-state index in [-0.39, 0.29) is 0 Å². The molecule has 1 unspecified atom stereocenters. The van der Waals surface area contributed by atoms with Crippen LogP contribution < -0.4 is 10.6 Å². The number of aliphatic imine (C=N–C) groups is 1. The van der Waals surface area contributed by atoms with Gasteiger partial charge in [0.1, 0.15) is 0 Å². The van der Waals surface area contributed by atoms with E-state index in [1.54, 1.807) is 0 Å². The maximum Gasteiger partial charge on any atom is 0.191 e. The molecule has 3 rings (SSSR count). The van der Waals surface area contributed by atoms with Gasteiger partial charge in [0.2, 0.25) is 0 Å². The van der Waals surface area contributed by atoms with E-state index in [1.807, 2.05) is 7.05 Å². The molecule has 0 aromatic heterocycles. The lowest BCUT2D eigenvalue weighted by molar-refractivity contribution is 0.0154. The monoisotopic (exact) mass is 239 g/mol. The van der Waals surface area contributed by atoms with E-state index in [0.717, 1.165) is 12.5 Å². The molecule has 3 fully saturated rings. The molecule has 0 aromatic carbocycles. The molecule has 0 aliphatic carbocycles. The molecular formula is C12H25N5. The van der Waals surface area contributed by atoms with E-state index in [4.69, 9.17) is 0 Å². The van der Waals surface area contributed by atoms with E-state index in [0.29, 0.717) is 12.1 Å². The van der Waals surface area contributed by atoms with E-state index >= 15 is 0 Å². The Hall–Kier alpha value is -0.810. The molecule has 2 bridgehead atoms. The molecule has 2 N–H and O–H groups in total. The Kier molecular flexibility index (Phi) is 4.23. The van der Waals surface area contributed by atoms with Gasteiger partial charge in [0.05, 0.1) is 0 Å². The lowest BCUT2D eigenvalue weighted by atomic mass is 10.1. The highest BCUT2D eigenvalue weighted by atomic mass is 15.4. The summed E-state index contributed by atoms with van der Waals surface area (Å²) in [6.07, 6.45) is 0. The van der Waals surface area contributed by atoms with Crippen molar-refractivity contribution in [2.75, 3.05) is 46.3 Å². The van der Waals surface area contributed by atoms with Crippen molar-refractivity contribution in [3.8, 4) is 0 Å². The molecule has 0 radical (unpaired) electrons. The normalized spacial score (nSPS) is 32.9. The van der Waals surface area contributed by atoms with Gasteiger partial charge in [0.25, 0.3) is 0 Å². The molecule has 0 amide bonds. The highest BCUT2D eigenvalue weighted by molar-refractivity contribution is 5.79. The van der Waals surface area contributed by atoms with Crippen LogP contribution >= 0.6 is 0 Å². The summed E-state index contributed by atoms with van der Waals surface area (Å²) in [6, 6.07) is 1.07. The molecular weight excluding hydrogens is 214 g/mol. The second-order valence-corrected chi connectivity index (χ2v) is 5.24.